The second-order valence-electron chi connectivity index (χ2n) is 3.26. The molecule has 0 radical (unpaired) electrons. The summed E-state index contributed by atoms with van der Waals surface area (Å²) in [5.41, 5.74) is 1.96. The Morgan fingerprint density at radius 3 is 2.79 bits per heavy atom. The summed E-state index contributed by atoms with van der Waals surface area (Å²) in [6.07, 6.45) is 0. The average Bonchev–Trinajstić information content (AvgIpc) is 2.59. The van der Waals surface area contributed by atoms with Gasteiger partial charge in [-0.1, -0.05) is 0 Å². The maximum atomic E-state index is 10.7. The second-order valence-corrected chi connectivity index (χ2v) is 4.17. The molecule has 0 unspecified atom stereocenters. The number of benzene rings is 1. The van der Waals surface area contributed by atoms with E-state index in [0.717, 1.165) is 21.2 Å². The van der Waals surface area contributed by atoms with Crippen LogP contribution in [0.15, 0.2) is 17.5 Å². The van der Waals surface area contributed by atoms with Gasteiger partial charge in [-0.15, -0.1) is 11.3 Å². The fourth-order valence-corrected chi connectivity index (χ4v) is 2.58. The van der Waals surface area contributed by atoms with Gasteiger partial charge in [0, 0.05) is 16.3 Å². The van der Waals surface area contributed by atoms with Crippen molar-refractivity contribution in [2.45, 2.75) is 13.8 Å². The van der Waals surface area contributed by atoms with Crippen molar-refractivity contribution >= 4 is 27.1 Å². The first kappa shape index (κ1) is 9.15. The van der Waals surface area contributed by atoms with Crippen LogP contribution in [0.1, 0.15) is 11.1 Å². The first-order chi connectivity index (χ1) is 6.61. The van der Waals surface area contributed by atoms with Crippen LogP contribution in [0.25, 0.3) is 10.1 Å². The standard InChI is InChI=1S/C10H9NO2S/c1-6-5-9(11(12)13)7(2)10-8(6)3-4-14-10/h3-5H,1-2H3. The molecule has 0 saturated heterocycles. The number of hydrogen-bond acceptors (Lipinski definition) is 3. The van der Waals surface area contributed by atoms with Crippen molar-refractivity contribution in [1.82, 2.24) is 0 Å². The van der Waals surface area contributed by atoms with Crippen molar-refractivity contribution in [2.24, 2.45) is 0 Å². The zero-order chi connectivity index (χ0) is 10.3. The zero-order valence-electron chi connectivity index (χ0n) is 7.90. The topological polar surface area (TPSA) is 43.1 Å². The molecular weight excluding hydrogens is 198 g/mol. The number of nitro benzene ring substituents is 1. The summed E-state index contributed by atoms with van der Waals surface area (Å²) >= 11 is 1.56. The fraction of sp³-hybridized carbons (Fsp3) is 0.200. The minimum Gasteiger partial charge on any atom is -0.258 e. The van der Waals surface area contributed by atoms with Crippen molar-refractivity contribution in [3.63, 3.8) is 0 Å². The molecule has 0 N–H and O–H groups in total. The van der Waals surface area contributed by atoms with E-state index in [1.165, 1.54) is 0 Å². The molecule has 1 heterocycles. The van der Waals surface area contributed by atoms with Gasteiger partial charge in [-0.05, 0) is 36.2 Å². The van der Waals surface area contributed by atoms with Crippen LogP contribution in [-0.4, -0.2) is 4.92 Å². The number of hydrogen-bond donors (Lipinski definition) is 0. The zero-order valence-corrected chi connectivity index (χ0v) is 8.72. The van der Waals surface area contributed by atoms with Crippen molar-refractivity contribution in [1.29, 1.82) is 0 Å². The first-order valence-corrected chi connectivity index (χ1v) is 5.11. The lowest BCUT2D eigenvalue weighted by atomic mass is 10.1. The number of rotatable bonds is 1. The predicted octanol–water partition coefficient (Wildman–Crippen LogP) is 3.43. The lowest BCUT2D eigenvalue weighted by Crippen LogP contribution is -1.92. The van der Waals surface area contributed by atoms with Gasteiger partial charge in [-0.3, -0.25) is 10.1 Å². The number of thiophene rings is 1. The summed E-state index contributed by atoms with van der Waals surface area (Å²) in [6.45, 7) is 3.71. The Morgan fingerprint density at radius 1 is 1.43 bits per heavy atom. The van der Waals surface area contributed by atoms with E-state index in [1.54, 1.807) is 24.3 Å². The predicted molar refractivity (Wildman–Crippen MR) is 58.0 cm³/mol. The molecule has 0 amide bonds. The Balaban J connectivity index is 2.88. The molecule has 0 aliphatic carbocycles. The Morgan fingerprint density at radius 2 is 2.14 bits per heavy atom. The molecule has 14 heavy (non-hydrogen) atoms. The molecule has 1 aromatic carbocycles. The summed E-state index contributed by atoms with van der Waals surface area (Å²) in [7, 11) is 0. The highest BCUT2D eigenvalue weighted by Gasteiger charge is 2.15. The van der Waals surface area contributed by atoms with Crippen molar-refractivity contribution in [2.75, 3.05) is 0 Å². The monoisotopic (exact) mass is 207 g/mol. The lowest BCUT2D eigenvalue weighted by molar-refractivity contribution is -0.385. The van der Waals surface area contributed by atoms with Crippen molar-refractivity contribution in [3.05, 3.63) is 38.8 Å². The number of nitro groups is 1. The third kappa shape index (κ3) is 1.19. The molecular formula is C10H9NO2S. The molecule has 3 nitrogen and oxygen atoms in total. The first-order valence-electron chi connectivity index (χ1n) is 4.23. The largest absolute Gasteiger partial charge is 0.274 e. The highest BCUT2D eigenvalue weighted by Crippen LogP contribution is 2.33. The van der Waals surface area contributed by atoms with Crippen LogP contribution >= 0.6 is 11.3 Å². The molecule has 0 aliphatic rings. The second kappa shape index (κ2) is 3.06. The lowest BCUT2D eigenvalue weighted by Gasteiger charge is -2.01. The Bertz CT molecular complexity index is 516. The van der Waals surface area contributed by atoms with Crippen LogP contribution in [0.3, 0.4) is 0 Å². The van der Waals surface area contributed by atoms with E-state index in [4.69, 9.17) is 0 Å². The Labute approximate surface area is 85.1 Å². The third-order valence-electron chi connectivity index (χ3n) is 2.36. The highest BCUT2D eigenvalue weighted by molar-refractivity contribution is 7.17. The third-order valence-corrected chi connectivity index (χ3v) is 3.40. The van der Waals surface area contributed by atoms with Gasteiger partial charge in [0.25, 0.3) is 5.69 Å². The van der Waals surface area contributed by atoms with Crippen LogP contribution in [0.2, 0.25) is 0 Å². The van der Waals surface area contributed by atoms with Gasteiger partial charge in [0.2, 0.25) is 0 Å². The van der Waals surface area contributed by atoms with Crippen LogP contribution in [0, 0.1) is 24.0 Å². The summed E-state index contributed by atoms with van der Waals surface area (Å²) in [5.74, 6) is 0. The van der Waals surface area contributed by atoms with E-state index in [2.05, 4.69) is 0 Å². The highest BCUT2D eigenvalue weighted by atomic mass is 32.1. The molecule has 72 valence electrons. The molecule has 0 aliphatic heterocycles. The van der Waals surface area contributed by atoms with Crippen molar-refractivity contribution in [3.8, 4) is 0 Å². The van der Waals surface area contributed by atoms with Gasteiger partial charge >= 0.3 is 0 Å². The van der Waals surface area contributed by atoms with Crippen LogP contribution in [0.5, 0.6) is 0 Å². The molecule has 1 aromatic heterocycles. The number of aryl methyl sites for hydroxylation is 2. The summed E-state index contributed by atoms with van der Waals surface area (Å²) in [5, 5.41) is 13.8. The van der Waals surface area contributed by atoms with Gasteiger partial charge in [-0.25, -0.2) is 0 Å². The molecule has 0 bridgehead atoms. The van der Waals surface area contributed by atoms with E-state index in [-0.39, 0.29) is 10.6 Å². The van der Waals surface area contributed by atoms with Gasteiger partial charge in [-0.2, -0.15) is 0 Å². The summed E-state index contributed by atoms with van der Waals surface area (Å²) in [6, 6.07) is 3.65. The van der Waals surface area contributed by atoms with E-state index in [1.807, 2.05) is 18.4 Å². The number of nitrogens with zero attached hydrogens (tertiary/aromatic N) is 1. The van der Waals surface area contributed by atoms with Crippen LogP contribution in [0.4, 0.5) is 5.69 Å². The minimum atomic E-state index is -0.318. The average molecular weight is 207 g/mol. The fourth-order valence-electron chi connectivity index (χ4n) is 1.61. The van der Waals surface area contributed by atoms with E-state index in [0.29, 0.717) is 0 Å². The quantitative estimate of drug-likeness (QED) is 0.531. The molecule has 2 aromatic rings. The summed E-state index contributed by atoms with van der Waals surface area (Å²) in [4.78, 5) is 10.4. The molecule has 0 atom stereocenters. The van der Waals surface area contributed by atoms with Gasteiger partial charge in [0.15, 0.2) is 0 Å². The van der Waals surface area contributed by atoms with Gasteiger partial charge in [0.1, 0.15) is 0 Å². The van der Waals surface area contributed by atoms with Gasteiger partial charge in [0.05, 0.1) is 4.92 Å². The number of fused-ring (bicyclic) bond motifs is 1. The maximum Gasteiger partial charge on any atom is 0.274 e. The minimum absolute atomic E-state index is 0.220. The summed E-state index contributed by atoms with van der Waals surface area (Å²) < 4.78 is 1.02. The van der Waals surface area contributed by atoms with E-state index in [9.17, 15) is 10.1 Å². The van der Waals surface area contributed by atoms with E-state index >= 15 is 0 Å². The SMILES string of the molecule is Cc1cc([N+](=O)[O-])c(C)c2sccc12. The Kier molecular flexibility index (Phi) is 2.00. The molecule has 2 rings (SSSR count). The maximum absolute atomic E-state index is 10.7. The smallest absolute Gasteiger partial charge is 0.258 e. The van der Waals surface area contributed by atoms with Crippen LogP contribution < -0.4 is 0 Å². The Hall–Kier alpha value is -1.42. The van der Waals surface area contributed by atoms with Crippen LogP contribution in [-0.2, 0) is 0 Å². The molecule has 0 fully saturated rings. The van der Waals surface area contributed by atoms with Gasteiger partial charge < -0.3 is 0 Å². The van der Waals surface area contributed by atoms with E-state index < -0.39 is 0 Å². The normalized spacial score (nSPS) is 10.7. The van der Waals surface area contributed by atoms with Crippen molar-refractivity contribution < 1.29 is 4.92 Å². The molecule has 0 spiro atoms. The molecule has 0 saturated carbocycles. The molecule has 4 heteroatoms.